The van der Waals surface area contributed by atoms with Crippen LogP contribution in [0.1, 0.15) is 17.1 Å². The van der Waals surface area contributed by atoms with E-state index >= 15 is 0 Å². The highest BCUT2D eigenvalue weighted by Gasteiger charge is 2.27. The highest BCUT2D eigenvalue weighted by Crippen LogP contribution is 2.42. The number of aromatic nitrogens is 2. The van der Waals surface area contributed by atoms with Crippen molar-refractivity contribution in [2.45, 2.75) is 19.9 Å². The third-order valence-corrected chi connectivity index (χ3v) is 5.23. The van der Waals surface area contributed by atoms with Gasteiger partial charge < -0.3 is 19.4 Å². The van der Waals surface area contributed by atoms with Crippen LogP contribution < -0.4 is 14.8 Å². The number of imidazole rings is 1. The zero-order valence-corrected chi connectivity index (χ0v) is 16.1. The van der Waals surface area contributed by atoms with Gasteiger partial charge in [0.2, 0.25) is 0 Å². The highest BCUT2D eigenvalue weighted by molar-refractivity contribution is 9.11. The number of aryl methyl sites for hydroxylation is 2. The molecule has 1 N–H and O–H groups in total. The number of hydrogen-bond acceptors (Lipinski definition) is 4. The maximum absolute atomic E-state index is 5.53. The second-order valence-electron chi connectivity index (χ2n) is 6.20. The van der Waals surface area contributed by atoms with Crippen molar-refractivity contribution in [3.05, 3.63) is 46.0 Å². The Kier molecular flexibility index (Phi) is 4.07. The summed E-state index contributed by atoms with van der Waals surface area (Å²) in [5.74, 6) is 2.56. The van der Waals surface area contributed by atoms with Gasteiger partial charge in [-0.15, -0.1) is 0 Å². The van der Waals surface area contributed by atoms with Crippen LogP contribution >= 0.6 is 15.9 Å². The molecule has 1 aromatic heterocycles. The molecule has 3 heterocycles. The fourth-order valence-electron chi connectivity index (χ4n) is 3.59. The first-order valence-corrected chi connectivity index (χ1v) is 9.04. The number of ether oxygens (including phenoxy) is 2. The third-order valence-electron chi connectivity index (χ3n) is 4.78. The molecule has 0 saturated heterocycles. The summed E-state index contributed by atoms with van der Waals surface area (Å²) in [7, 11) is 3.35. The topological polar surface area (TPSA) is 48.3 Å². The van der Waals surface area contributed by atoms with E-state index in [-0.39, 0.29) is 0 Å². The molecule has 0 atom stereocenters. The van der Waals surface area contributed by atoms with E-state index in [2.05, 4.69) is 50.9 Å². The van der Waals surface area contributed by atoms with Gasteiger partial charge in [-0.05, 0) is 53.0 Å². The van der Waals surface area contributed by atoms with Crippen molar-refractivity contribution < 1.29 is 9.47 Å². The van der Waals surface area contributed by atoms with Crippen LogP contribution in [0.2, 0.25) is 0 Å². The standard InChI is InChI=1S/C19H20BrN3O2/c1-11-22-18(13-6-14(20)10-21-9-13)19-15-8-17(25-3)16(24-2)7-12(15)4-5-23(11)19/h6-8,10,21H,4-5,9H2,1-3H3. The maximum atomic E-state index is 5.53. The Labute approximate surface area is 155 Å². The molecule has 6 heteroatoms. The predicted molar refractivity (Wildman–Crippen MR) is 102 cm³/mol. The number of dihydropyridines is 1. The first kappa shape index (κ1) is 16.3. The molecule has 2 aliphatic heterocycles. The number of allylic oxidation sites excluding steroid dienone is 2. The Balaban J connectivity index is 1.93. The Morgan fingerprint density at radius 3 is 2.68 bits per heavy atom. The molecular formula is C19H20BrN3O2. The van der Waals surface area contributed by atoms with E-state index in [1.165, 1.54) is 16.7 Å². The highest BCUT2D eigenvalue weighted by atomic mass is 79.9. The second kappa shape index (κ2) is 6.26. The smallest absolute Gasteiger partial charge is 0.161 e. The van der Waals surface area contributed by atoms with Gasteiger partial charge in [0.25, 0.3) is 0 Å². The Bertz CT molecular complexity index is 912. The lowest BCUT2D eigenvalue weighted by Gasteiger charge is -2.23. The number of benzene rings is 1. The van der Waals surface area contributed by atoms with Gasteiger partial charge in [-0.1, -0.05) is 0 Å². The molecule has 2 aliphatic rings. The largest absolute Gasteiger partial charge is 0.493 e. The molecule has 2 aromatic rings. The molecule has 0 amide bonds. The van der Waals surface area contributed by atoms with Crippen LogP contribution in [0.3, 0.4) is 0 Å². The summed E-state index contributed by atoms with van der Waals surface area (Å²) in [5, 5.41) is 3.29. The van der Waals surface area contributed by atoms with Gasteiger partial charge >= 0.3 is 0 Å². The number of nitrogens with one attached hydrogen (secondary N) is 1. The lowest BCUT2D eigenvalue weighted by molar-refractivity contribution is 0.354. The molecule has 1 aromatic carbocycles. The number of methoxy groups -OCH3 is 2. The van der Waals surface area contributed by atoms with Crippen molar-refractivity contribution >= 4 is 21.5 Å². The normalized spacial score (nSPS) is 15.5. The van der Waals surface area contributed by atoms with Crippen LogP contribution in [-0.4, -0.2) is 30.3 Å². The van der Waals surface area contributed by atoms with Gasteiger partial charge in [-0.25, -0.2) is 4.98 Å². The van der Waals surface area contributed by atoms with E-state index in [4.69, 9.17) is 14.5 Å². The Morgan fingerprint density at radius 2 is 1.96 bits per heavy atom. The molecule has 4 rings (SSSR count). The lowest BCUT2D eigenvalue weighted by atomic mass is 9.94. The molecule has 0 bridgehead atoms. The van der Waals surface area contributed by atoms with Crippen molar-refractivity contribution in [3.8, 4) is 22.8 Å². The van der Waals surface area contributed by atoms with Crippen LogP contribution in [0.15, 0.2) is 28.9 Å². The summed E-state index contributed by atoms with van der Waals surface area (Å²) in [4.78, 5) is 4.88. The summed E-state index contributed by atoms with van der Waals surface area (Å²) in [5.41, 5.74) is 5.81. The van der Waals surface area contributed by atoms with Crippen molar-refractivity contribution in [1.82, 2.24) is 14.9 Å². The Morgan fingerprint density at radius 1 is 1.20 bits per heavy atom. The fourth-order valence-corrected chi connectivity index (χ4v) is 4.02. The zero-order valence-electron chi connectivity index (χ0n) is 14.5. The molecule has 0 spiro atoms. The minimum Gasteiger partial charge on any atom is -0.493 e. The molecule has 130 valence electrons. The van der Waals surface area contributed by atoms with Crippen molar-refractivity contribution in [1.29, 1.82) is 0 Å². The minimum atomic E-state index is 0.747. The van der Waals surface area contributed by atoms with Gasteiger partial charge in [0.05, 0.1) is 25.6 Å². The lowest BCUT2D eigenvalue weighted by Crippen LogP contribution is -2.16. The van der Waals surface area contributed by atoms with E-state index in [1.807, 2.05) is 6.20 Å². The molecule has 0 unspecified atom stereocenters. The molecule has 0 fully saturated rings. The Hall–Kier alpha value is -2.21. The second-order valence-corrected chi connectivity index (χ2v) is 7.12. The van der Waals surface area contributed by atoms with E-state index in [1.54, 1.807) is 14.2 Å². The zero-order chi connectivity index (χ0) is 17.6. The van der Waals surface area contributed by atoms with Crippen LogP contribution in [0.5, 0.6) is 11.5 Å². The monoisotopic (exact) mass is 401 g/mol. The average molecular weight is 402 g/mol. The fraction of sp³-hybridized carbons (Fsp3) is 0.316. The van der Waals surface area contributed by atoms with Crippen LogP contribution in [0.4, 0.5) is 0 Å². The minimum absolute atomic E-state index is 0.747. The number of halogens is 1. The summed E-state index contributed by atoms with van der Waals surface area (Å²) in [6, 6.07) is 4.17. The molecule has 5 nitrogen and oxygen atoms in total. The summed E-state index contributed by atoms with van der Waals surface area (Å²) >= 11 is 3.55. The molecule has 25 heavy (non-hydrogen) atoms. The molecule has 0 aliphatic carbocycles. The number of hydrogen-bond donors (Lipinski definition) is 1. The first-order chi connectivity index (χ1) is 12.1. The first-order valence-electron chi connectivity index (χ1n) is 8.24. The number of nitrogens with zero attached hydrogens (tertiary/aromatic N) is 2. The van der Waals surface area contributed by atoms with Gasteiger partial charge in [-0.3, -0.25) is 0 Å². The van der Waals surface area contributed by atoms with Crippen molar-refractivity contribution in [2.75, 3.05) is 20.8 Å². The molecular weight excluding hydrogens is 382 g/mol. The van der Waals surface area contributed by atoms with Crippen molar-refractivity contribution in [2.24, 2.45) is 0 Å². The predicted octanol–water partition coefficient (Wildman–Crippen LogP) is 3.65. The van der Waals surface area contributed by atoms with E-state index in [0.29, 0.717) is 0 Å². The molecule has 0 saturated carbocycles. The summed E-state index contributed by atoms with van der Waals surface area (Å²) in [6.07, 6.45) is 5.05. The van der Waals surface area contributed by atoms with E-state index in [0.717, 1.165) is 52.7 Å². The van der Waals surface area contributed by atoms with Gasteiger partial charge in [-0.2, -0.15) is 0 Å². The van der Waals surface area contributed by atoms with Gasteiger partial charge in [0, 0.05) is 34.9 Å². The third kappa shape index (κ3) is 2.65. The summed E-state index contributed by atoms with van der Waals surface area (Å²) < 4.78 is 14.3. The van der Waals surface area contributed by atoms with Gasteiger partial charge in [0.15, 0.2) is 11.5 Å². The summed E-state index contributed by atoms with van der Waals surface area (Å²) in [6.45, 7) is 3.76. The van der Waals surface area contributed by atoms with E-state index < -0.39 is 0 Å². The van der Waals surface area contributed by atoms with Crippen molar-refractivity contribution in [3.63, 3.8) is 0 Å². The van der Waals surface area contributed by atoms with Crippen LogP contribution in [-0.2, 0) is 13.0 Å². The number of fused-ring (bicyclic) bond motifs is 3. The van der Waals surface area contributed by atoms with Crippen LogP contribution in [0, 0.1) is 6.92 Å². The number of rotatable bonds is 3. The average Bonchev–Trinajstić information content (AvgIpc) is 2.97. The van der Waals surface area contributed by atoms with Crippen LogP contribution in [0.25, 0.3) is 16.8 Å². The quantitative estimate of drug-likeness (QED) is 0.852. The maximum Gasteiger partial charge on any atom is 0.161 e. The SMILES string of the molecule is COc1cc2c(cc1OC)-c1c(C3=CC(Br)=CNC3)nc(C)n1CC2. The van der Waals surface area contributed by atoms with Gasteiger partial charge in [0.1, 0.15) is 5.82 Å². The molecule has 0 radical (unpaired) electrons. The van der Waals surface area contributed by atoms with E-state index in [9.17, 15) is 0 Å².